The molecular weight excluding hydrogens is 475 g/mol. The van der Waals surface area contributed by atoms with Crippen LogP contribution in [-0.2, 0) is 14.3 Å². The number of ether oxygens (including phenoxy) is 1. The van der Waals surface area contributed by atoms with Crippen molar-refractivity contribution in [2.24, 2.45) is 0 Å². The fourth-order valence-corrected chi connectivity index (χ4v) is 6.47. The van der Waals surface area contributed by atoms with Crippen molar-refractivity contribution >= 4 is 73.9 Å². The van der Waals surface area contributed by atoms with Crippen molar-refractivity contribution in [3.8, 4) is 0 Å². The van der Waals surface area contributed by atoms with Crippen LogP contribution in [-0.4, -0.2) is 57.8 Å². The highest BCUT2D eigenvalue weighted by molar-refractivity contribution is 8.02. The maximum absolute atomic E-state index is 12.2. The number of nitrogens with zero attached hydrogens (tertiary/aromatic N) is 3. The molecule has 1 atom stereocenters. The minimum Gasteiger partial charge on any atom is -0.376 e. The van der Waals surface area contributed by atoms with E-state index in [0.717, 1.165) is 49.0 Å². The number of anilines is 1. The molecule has 2 N–H and O–H groups in total. The Morgan fingerprint density at radius 1 is 1.16 bits per heavy atom. The van der Waals surface area contributed by atoms with Crippen molar-refractivity contribution in [2.45, 2.75) is 34.5 Å². The van der Waals surface area contributed by atoms with Gasteiger partial charge in [-0.3, -0.25) is 9.59 Å². The predicted octanol–water partition coefficient (Wildman–Crippen LogP) is 3.57. The van der Waals surface area contributed by atoms with E-state index in [0.29, 0.717) is 12.3 Å². The number of amides is 2. The van der Waals surface area contributed by atoms with Gasteiger partial charge in [0.15, 0.2) is 8.68 Å². The summed E-state index contributed by atoms with van der Waals surface area (Å²) in [5.74, 6) is 0.477. The number of fused-ring (bicyclic) bond motifs is 1. The van der Waals surface area contributed by atoms with Gasteiger partial charge < -0.3 is 15.4 Å². The summed E-state index contributed by atoms with van der Waals surface area (Å²) in [4.78, 5) is 28.9. The summed E-state index contributed by atoms with van der Waals surface area (Å²) in [5, 5.41) is 14.7. The summed E-state index contributed by atoms with van der Waals surface area (Å²) in [7, 11) is 0. The van der Waals surface area contributed by atoms with Gasteiger partial charge in [-0.2, -0.15) is 0 Å². The lowest BCUT2D eigenvalue weighted by atomic mass is 10.2. The standard InChI is InChI=1S/C19H21N5O3S4/c1-11-23-24-19(30-11)29-10-17(26)21-12-4-5-14-15(7-12)31-18(22-14)28-9-16(25)20-8-13-3-2-6-27-13/h4-5,7,13H,2-3,6,8-10H2,1H3,(H,20,25)(H,21,26)/t13-/m1/s1. The van der Waals surface area contributed by atoms with Gasteiger partial charge in [0, 0.05) is 18.8 Å². The number of thioether (sulfide) groups is 2. The summed E-state index contributed by atoms with van der Waals surface area (Å²) in [5.41, 5.74) is 1.57. The SMILES string of the molecule is Cc1nnc(SCC(=O)Nc2ccc3nc(SCC(=O)NC[C@H]4CCCO4)sc3c2)s1. The first kappa shape index (κ1) is 22.5. The molecule has 0 unspecified atom stereocenters. The van der Waals surface area contributed by atoms with Crippen LogP contribution in [0.4, 0.5) is 5.69 Å². The summed E-state index contributed by atoms with van der Waals surface area (Å²) in [6.07, 6.45) is 2.21. The first-order chi connectivity index (χ1) is 15.0. The first-order valence-electron chi connectivity index (χ1n) is 9.69. The van der Waals surface area contributed by atoms with E-state index >= 15 is 0 Å². The molecular formula is C19H21N5O3S4. The minimum atomic E-state index is -0.0979. The molecule has 1 aromatic carbocycles. The van der Waals surface area contributed by atoms with Crippen LogP contribution in [0.1, 0.15) is 17.8 Å². The molecule has 164 valence electrons. The molecule has 1 fully saturated rings. The predicted molar refractivity (Wildman–Crippen MR) is 126 cm³/mol. The lowest BCUT2D eigenvalue weighted by Gasteiger charge is -2.09. The van der Waals surface area contributed by atoms with Crippen LogP contribution in [0, 0.1) is 6.92 Å². The van der Waals surface area contributed by atoms with Crippen molar-refractivity contribution in [3.63, 3.8) is 0 Å². The quantitative estimate of drug-likeness (QED) is 0.434. The Bertz CT molecular complexity index is 1060. The molecule has 3 heterocycles. The second-order valence-electron chi connectivity index (χ2n) is 6.81. The summed E-state index contributed by atoms with van der Waals surface area (Å²) in [6, 6.07) is 5.62. The molecule has 0 aliphatic carbocycles. The number of carbonyl (C=O) groups excluding carboxylic acids is 2. The number of carbonyl (C=O) groups is 2. The second kappa shape index (κ2) is 10.7. The number of aromatic nitrogens is 3. The van der Waals surface area contributed by atoms with Gasteiger partial charge in [0.05, 0.1) is 27.8 Å². The number of benzene rings is 1. The van der Waals surface area contributed by atoms with E-state index in [2.05, 4.69) is 25.8 Å². The van der Waals surface area contributed by atoms with Crippen molar-refractivity contribution in [3.05, 3.63) is 23.2 Å². The van der Waals surface area contributed by atoms with Crippen molar-refractivity contribution in [2.75, 3.05) is 30.0 Å². The van der Waals surface area contributed by atoms with E-state index in [1.54, 1.807) is 0 Å². The molecule has 0 radical (unpaired) electrons. The third-order valence-electron chi connectivity index (χ3n) is 4.36. The molecule has 1 aliphatic heterocycles. The van der Waals surface area contributed by atoms with Gasteiger partial charge in [-0.05, 0) is 38.0 Å². The smallest absolute Gasteiger partial charge is 0.234 e. The molecule has 3 aromatic rings. The van der Waals surface area contributed by atoms with Crippen LogP contribution in [0.2, 0.25) is 0 Å². The van der Waals surface area contributed by atoms with Crippen LogP contribution in [0.5, 0.6) is 0 Å². The van der Waals surface area contributed by atoms with Gasteiger partial charge in [0.2, 0.25) is 11.8 Å². The average Bonchev–Trinajstić information content (AvgIpc) is 3.50. The normalized spacial score (nSPS) is 16.0. The van der Waals surface area contributed by atoms with E-state index in [1.807, 2.05) is 25.1 Å². The Labute approximate surface area is 196 Å². The van der Waals surface area contributed by atoms with Gasteiger partial charge in [0.1, 0.15) is 5.01 Å². The molecule has 12 heteroatoms. The molecule has 0 saturated carbocycles. The first-order valence-corrected chi connectivity index (χ1v) is 13.3. The molecule has 2 amide bonds. The van der Waals surface area contributed by atoms with Crippen LogP contribution in [0.15, 0.2) is 26.9 Å². The third-order valence-corrected chi connectivity index (χ3v) is 8.50. The fraction of sp³-hybridized carbons (Fsp3) is 0.421. The number of hydrogen-bond acceptors (Lipinski definition) is 10. The van der Waals surface area contributed by atoms with Gasteiger partial charge in [0.25, 0.3) is 0 Å². The van der Waals surface area contributed by atoms with Gasteiger partial charge >= 0.3 is 0 Å². The molecule has 1 saturated heterocycles. The number of nitrogens with one attached hydrogen (secondary N) is 2. The maximum Gasteiger partial charge on any atom is 0.234 e. The van der Waals surface area contributed by atoms with Gasteiger partial charge in [-0.15, -0.1) is 21.5 Å². The van der Waals surface area contributed by atoms with E-state index in [-0.39, 0.29) is 23.7 Å². The summed E-state index contributed by atoms with van der Waals surface area (Å²) < 4.78 is 8.09. The molecule has 31 heavy (non-hydrogen) atoms. The Morgan fingerprint density at radius 3 is 2.77 bits per heavy atom. The fourth-order valence-electron chi connectivity index (χ4n) is 2.92. The molecule has 2 aromatic heterocycles. The average molecular weight is 496 g/mol. The molecule has 8 nitrogen and oxygen atoms in total. The highest BCUT2D eigenvalue weighted by Crippen LogP contribution is 2.31. The van der Waals surface area contributed by atoms with Gasteiger partial charge in [-0.25, -0.2) is 4.98 Å². The van der Waals surface area contributed by atoms with Crippen molar-refractivity contribution < 1.29 is 14.3 Å². The largest absolute Gasteiger partial charge is 0.376 e. The van der Waals surface area contributed by atoms with Crippen LogP contribution in [0.3, 0.4) is 0 Å². The van der Waals surface area contributed by atoms with E-state index in [1.165, 1.54) is 46.2 Å². The van der Waals surface area contributed by atoms with E-state index in [9.17, 15) is 9.59 Å². The third kappa shape index (κ3) is 6.62. The number of thiazole rings is 1. The Hall–Kier alpha value is -1.73. The van der Waals surface area contributed by atoms with Crippen LogP contribution >= 0.6 is 46.2 Å². The highest BCUT2D eigenvalue weighted by Gasteiger charge is 2.16. The zero-order chi connectivity index (χ0) is 21.6. The second-order valence-corrected chi connectivity index (χ2v) is 11.5. The van der Waals surface area contributed by atoms with E-state index in [4.69, 9.17) is 4.74 Å². The summed E-state index contributed by atoms with van der Waals surface area (Å²) >= 11 is 5.77. The number of hydrogen-bond donors (Lipinski definition) is 2. The molecule has 0 bridgehead atoms. The maximum atomic E-state index is 12.2. The number of rotatable bonds is 9. The minimum absolute atomic E-state index is 0.0177. The van der Waals surface area contributed by atoms with E-state index < -0.39 is 0 Å². The van der Waals surface area contributed by atoms with Crippen molar-refractivity contribution in [1.29, 1.82) is 0 Å². The monoisotopic (exact) mass is 495 g/mol. The zero-order valence-electron chi connectivity index (χ0n) is 16.8. The Kier molecular flexibility index (Phi) is 7.77. The lowest BCUT2D eigenvalue weighted by Crippen LogP contribution is -2.32. The lowest BCUT2D eigenvalue weighted by molar-refractivity contribution is -0.119. The number of aryl methyl sites for hydroxylation is 1. The Morgan fingerprint density at radius 2 is 2.00 bits per heavy atom. The highest BCUT2D eigenvalue weighted by atomic mass is 32.2. The van der Waals surface area contributed by atoms with Crippen LogP contribution < -0.4 is 10.6 Å². The Balaban J connectivity index is 1.26. The zero-order valence-corrected chi connectivity index (χ0v) is 20.0. The molecule has 1 aliphatic rings. The topological polar surface area (TPSA) is 106 Å². The molecule has 4 rings (SSSR count). The van der Waals surface area contributed by atoms with Gasteiger partial charge in [-0.1, -0.05) is 34.9 Å². The molecule has 0 spiro atoms. The van der Waals surface area contributed by atoms with Crippen LogP contribution in [0.25, 0.3) is 10.2 Å². The summed E-state index contributed by atoms with van der Waals surface area (Å²) in [6.45, 7) is 3.24. The van der Waals surface area contributed by atoms with Crippen molar-refractivity contribution in [1.82, 2.24) is 20.5 Å².